The average Bonchev–Trinajstić information content (AvgIpc) is 0.783. The zero-order valence-corrected chi connectivity index (χ0v) is 81.7. The molecule has 136 heavy (non-hydrogen) atoms. The Morgan fingerprint density at radius 2 is 0.551 bits per heavy atom. The standard InChI is InChI=1S/C33H33ClO6S.C27H29ClO6S.C23H21ClO6S.C21H17ClO6S/c1-20-5-13-25(14-6-20)41(39,40)26-15-16-28(34)23(17-26)19-29(35)27-18-22(30(36)32(38)31(27)37)10-7-21-8-11-24(12-9-21)33(2,3)4;1-16(2)5-4-6-18-14-22(26(31)27(32)25(18)30)24(29)15-19-13-21(11-12-23(19)28)35(33,34)20-9-7-17(3)8-10-20;1-3-14-11-18(22(27)23(28)21(14)26)20(25)12-15-10-17(8-9-19(15)24)31(29,30)16-6-4-13(2)5-7-16;1-12-2-4-14(5-3-12)29(27,28)15-6-8-17(22)13(10-15)11-19(24)16-7-9-18(23)21(26)20(16)25/h5-6,8-9,11-18,36-38H,7,10,19H2,1-4H3;7-14,16,30-32H,4-6,15H2,1-3H3;4-11,26-28H,3,12H2,1-2H3;2-10,23,25-26H,11H2,1H3. The van der Waals surface area contributed by atoms with Crippen molar-refractivity contribution in [2.75, 3.05) is 0 Å². The predicted molar refractivity (Wildman–Crippen MR) is 520 cm³/mol. The second-order valence-electron chi connectivity index (χ2n) is 34.0. The molecule has 32 heteroatoms. The van der Waals surface area contributed by atoms with Crippen LogP contribution in [0.2, 0.25) is 20.1 Å². The first-order valence-electron chi connectivity index (χ1n) is 42.4. The maximum absolute atomic E-state index is 13.3. The number of phenols is 12. The van der Waals surface area contributed by atoms with E-state index in [0.717, 1.165) is 52.8 Å². The van der Waals surface area contributed by atoms with Crippen LogP contribution in [0.3, 0.4) is 0 Å². The zero-order chi connectivity index (χ0) is 100. The lowest BCUT2D eigenvalue weighted by Gasteiger charge is -2.19. The van der Waals surface area contributed by atoms with Crippen LogP contribution in [-0.2, 0) is 96.1 Å². The van der Waals surface area contributed by atoms with Crippen molar-refractivity contribution in [3.63, 3.8) is 0 Å². The summed E-state index contributed by atoms with van der Waals surface area (Å²) >= 11 is 24.9. The van der Waals surface area contributed by atoms with E-state index in [9.17, 15) is 114 Å². The number of sulfone groups is 4. The second kappa shape index (κ2) is 43.8. The molecule has 0 aliphatic heterocycles. The van der Waals surface area contributed by atoms with Gasteiger partial charge in [0.05, 0.1) is 61.4 Å². The van der Waals surface area contributed by atoms with Crippen LogP contribution < -0.4 is 0 Å². The third-order valence-electron chi connectivity index (χ3n) is 22.5. The highest BCUT2D eigenvalue weighted by atomic mass is 35.5. The van der Waals surface area contributed by atoms with Gasteiger partial charge in [0.25, 0.3) is 0 Å². The van der Waals surface area contributed by atoms with Gasteiger partial charge in [0.15, 0.2) is 69.1 Å². The van der Waals surface area contributed by atoms with E-state index in [1.807, 2.05) is 39.8 Å². The number of benzene rings is 13. The third-order valence-corrected chi connectivity index (χ3v) is 31.0. The number of carbonyl (C=O) groups is 4. The van der Waals surface area contributed by atoms with Gasteiger partial charge in [0, 0.05) is 45.8 Å². The summed E-state index contributed by atoms with van der Waals surface area (Å²) in [6, 6.07) is 56.4. The Bertz CT molecular complexity index is 7230. The number of ketones is 4. The summed E-state index contributed by atoms with van der Waals surface area (Å²) < 4.78 is 104. The molecule has 0 aliphatic rings. The summed E-state index contributed by atoms with van der Waals surface area (Å²) in [7, 11) is -15.3. The van der Waals surface area contributed by atoms with Gasteiger partial charge >= 0.3 is 0 Å². The smallest absolute Gasteiger partial charge is 0.206 e. The summed E-state index contributed by atoms with van der Waals surface area (Å²) in [5.74, 6) is -9.98. The summed E-state index contributed by atoms with van der Waals surface area (Å²) in [5.41, 5.74) is 7.09. The molecule has 0 spiro atoms. The molecule has 0 aliphatic carbocycles. The fourth-order valence-electron chi connectivity index (χ4n) is 14.2. The van der Waals surface area contributed by atoms with Gasteiger partial charge in [-0.25, -0.2) is 33.7 Å². The topological polar surface area (TPSA) is 448 Å². The van der Waals surface area contributed by atoms with E-state index in [-0.39, 0.29) is 135 Å². The van der Waals surface area contributed by atoms with Crippen molar-refractivity contribution in [1.82, 2.24) is 0 Å². The van der Waals surface area contributed by atoms with Crippen molar-refractivity contribution in [3.05, 3.63) is 339 Å². The molecule has 712 valence electrons. The van der Waals surface area contributed by atoms with Crippen molar-refractivity contribution in [1.29, 1.82) is 0 Å². The Morgan fingerprint density at radius 3 is 0.838 bits per heavy atom. The quantitative estimate of drug-likeness (QED) is 0.0160. The molecule has 0 bridgehead atoms. The second-order valence-corrected chi connectivity index (χ2v) is 43.4. The minimum Gasteiger partial charge on any atom is -0.504 e. The molecule has 24 nitrogen and oxygen atoms in total. The normalized spacial score (nSPS) is 11.6. The summed E-state index contributed by atoms with van der Waals surface area (Å²) in [5, 5.41) is 122. The highest BCUT2D eigenvalue weighted by Crippen LogP contribution is 2.46. The van der Waals surface area contributed by atoms with E-state index in [4.69, 9.17) is 46.4 Å². The van der Waals surface area contributed by atoms with Crippen LogP contribution in [0.25, 0.3) is 0 Å². The molecule has 0 saturated heterocycles. The van der Waals surface area contributed by atoms with Crippen LogP contribution in [0.1, 0.15) is 168 Å². The summed E-state index contributed by atoms with van der Waals surface area (Å²) in [6.45, 7) is 19.7. The predicted octanol–water partition coefficient (Wildman–Crippen LogP) is 21.7. The van der Waals surface area contributed by atoms with Crippen molar-refractivity contribution in [3.8, 4) is 69.0 Å². The number of aromatic hydroxyl groups is 12. The van der Waals surface area contributed by atoms with Gasteiger partial charge in [-0.05, 0) is 273 Å². The minimum atomic E-state index is -3.86. The van der Waals surface area contributed by atoms with Gasteiger partial charge in [-0.1, -0.05) is 189 Å². The lowest BCUT2D eigenvalue weighted by Crippen LogP contribution is -2.10. The molecular formula is C104H100Cl4O24S4. The first-order chi connectivity index (χ1) is 63.8. The number of hydrogen-bond acceptors (Lipinski definition) is 24. The van der Waals surface area contributed by atoms with E-state index in [0.29, 0.717) is 48.3 Å². The number of aryl methyl sites for hydroxylation is 8. The Balaban J connectivity index is 0.000000189. The first kappa shape index (κ1) is 105. The Kier molecular flexibility index (Phi) is 33.9. The lowest BCUT2D eigenvalue weighted by molar-refractivity contribution is 0.0981. The monoisotopic (exact) mass is 2000 g/mol. The number of carbonyl (C=O) groups excluding carboxylic acids is 4. The SMILES string of the molecule is CCc1cc(C(=O)Cc2cc(S(=O)(=O)c3ccc(C)cc3)ccc2Cl)c(O)c(O)c1O.Cc1ccc(S(=O)(=O)c2ccc(Cl)c(CC(=O)c3cc(CCCC(C)C)c(O)c(O)c3O)c2)cc1.Cc1ccc(S(=O)(=O)c2ccc(Cl)c(CC(=O)c3cc(CCc4ccc(C(C)(C)C)cc4)c(O)c(O)c3O)c2)cc1.Cc1ccc(S(=O)(=O)c2ccc(Cl)c(CC(=O)c3ccc(O)c(O)c3O)c2)cc1. The molecule has 13 aromatic carbocycles. The van der Waals surface area contributed by atoms with Crippen LogP contribution in [-0.4, -0.2) is 118 Å². The van der Waals surface area contributed by atoms with Gasteiger partial charge in [0.1, 0.15) is 0 Å². The molecular weight excluding hydrogens is 1900 g/mol. The van der Waals surface area contributed by atoms with Crippen LogP contribution in [0.15, 0.2) is 264 Å². The lowest BCUT2D eigenvalue weighted by atomic mass is 9.86. The molecule has 0 saturated carbocycles. The molecule has 13 aromatic rings. The fraction of sp³-hybridized carbons (Fsp3) is 0.212. The minimum absolute atomic E-state index is 0.0132. The highest BCUT2D eigenvalue weighted by Gasteiger charge is 2.31. The number of halogens is 4. The maximum Gasteiger partial charge on any atom is 0.206 e. The van der Waals surface area contributed by atoms with Gasteiger partial charge in [-0.3, -0.25) is 19.2 Å². The van der Waals surface area contributed by atoms with Crippen molar-refractivity contribution in [2.24, 2.45) is 5.92 Å². The van der Waals surface area contributed by atoms with Gasteiger partial charge in [-0.15, -0.1) is 0 Å². The fourth-order valence-corrected chi connectivity index (χ4v) is 20.2. The molecule has 0 aromatic heterocycles. The van der Waals surface area contributed by atoms with Gasteiger partial charge in [-0.2, -0.15) is 0 Å². The van der Waals surface area contributed by atoms with Crippen molar-refractivity contribution >= 4 is 109 Å². The average molecular weight is 2000 g/mol. The Labute approximate surface area is 809 Å². The largest absolute Gasteiger partial charge is 0.504 e. The van der Waals surface area contributed by atoms with Gasteiger partial charge in [0.2, 0.25) is 62.3 Å². The highest BCUT2D eigenvalue weighted by molar-refractivity contribution is 7.92. The van der Waals surface area contributed by atoms with Crippen LogP contribution in [0.4, 0.5) is 0 Å². The maximum atomic E-state index is 13.3. The van der Waals surface area contributed by atoms with E-state index in [1.165, 1.54) is 145 Å². The Hall–Kier alpha value is -12.9. The molecule has 0 amide bonds. The molecule has 12 N–H and O–H groups in total. The molecule has 0 fully saturated rings. The van der Waals surface area contributed by atoms with Crippen LogP contribution in [0.5, 0.6) is 69.0 Å². The number of rotatable bonds is 28. The summed E-state index contributed by atoms with van der Waals surface area (Å²) in [6.07, 6.45) is 1.94. The molecule has 0 atom stereocenters. The number of phenolic OH excluding ortho intramolecular Hbond substituents is 12. The third kappa shape index (κ3) is 24.9. The van der Waals surface area contributed by atoms with E-state index >= 15 is 0 Å². The van der Waals surface area contributed by atoms with Gasteiger partial charge < -0.3 is 61.3 Å². The zero-order valence-electron chi connectivity index (χ0n) is 75.4. The first-order valence-corrected chi connectivity index (χ1v) is 49.9. The molecule has 13 rings (SSSR count). The van der Waals surface area contributed by atoms with E-state index in [1.54, 1.807) is 55.5 Å². The number of Topliss-reactive ketones (excluding diaryl/α,β-unsaturated/α-hetero) is 4. The molecule has 0 unspecified atom stereocenters. The van der Waals surface area contributed by atoms with E-state index < -0.39 is 131 Å². The van der Waals surface area contributed by atoms with E-state index in [2.05, 4.69) is 46.8 Å². The van der Waals surface area contributed by atoms with Crippen LogP contribution >= 0.6 is 46.4 Å². The Morgan fingerprint density at radius 1 is 0.287 bits per heavy atom. The summed E-state index contributed by atoms with van der Waals surface area (Å²) in [4.78, 5) is 52.2. The number of hydrogen-bond donors (Lipinski definition) is 12. The molecule has 0 radical (unpaired) electrons. The molecule has 0 heterocycles. The van der Waals surface area contributed by atoms with Crippen LogP contribution in [0, 0.1) is 33.6 Å². The van der Waals surface area contributed by atoms with Crippen molar-refractivity contribution in [2.45, 2.75) is 178 Å². The van der Waals surface area contributed by atoms with Crippen molar-refractivity contribution < 1.29 is 114 Å².